The zero-order valence-corrected chi connectivity index (χ0v) is 16.3. The molecule has 0 aliphatic heterocycles. The number of aryl methyl sites for hydroxylation is 2. The normalized spacial score (nSPS) is 18.3. The average Bonchev–Trinajstić information content (AvgIpc) is 3.31. The Morgan fingerprint density at radius 2 is 1.85 bits per heavy atom. The average molecular weight is 364 g/mol. The van der Waals surface area contributed by atoms with Gasteiger partial charge in [-0.25, -0.2) is 4.98 Å². The van der Waals surface area contributed by atoms with Gasteiger partial charge in [0.15, 0.2) is 0 Å². The maximum absolute atomic E-state index is 12.9. The minimum atomic E-state index is -0.340. The Labute approximate surface area is 161 Å². The number of amides is 1. The summed E-state index contributed by atoms with van der Waals surface area (Å²) in [5.74, 6) is 0.798. The molecular weight excluding hydrogens is 336 g/mol. The first-order chi connectivity index (χ1) is 13.0. The summed E-state index contributed by atoms with van der Waals surface area (Å²) in [6.45, 7) is 4.69. The fourth-order valence-corrected chi connectivity index (χ4v) is 4.18. The molecule has 0 saturated heterocycles. The molecule has 0 spiro atoms. The monoisotopic (exact) mass is 364 g/mol. The van der Waals surface area contributed by atoms with Gasteiger partial charge in [-0.05, 0) is 69.6 Å². The molecule has 1 aromatic carbocycles. The summed E-state index contributed by atoms with van der Waals surface area (Å²) < 4.78 is 5.97. The number of ether oxygens (including phenoxy) is 1. The van der Waals surface area contributed by atoms with Gasteiger partial charge in [0, 0.05) is 18.8 Å². The lowest BCUT2D eigenvalue weighted by molar-refractivity contribution is -0.123. The van der Waals surface area contributed by atoms with Gasteiger partial charge < -0.3 is 10.1 Å². The molecule has 1 N–H and O–H groups in total. The molecule has 0 bridgehead atoms. The molecule has 0 atom stereocenters. The second-order valence-electron chi connectivity index (χ2n) is 8.17. The number of aromatic nitrogens is 1. The van der Waals surface area contributed by atoms with E-state index in [1.165, 1.54) is 24.0 Å². The third-order valence-electron chi connectivity index (χ3n) is 5.80. The van der Waals surface area contributed by atoms with Gasteiger partial charge in [0.2, 0.25) is 11.8 Å². The van der Waals surface area contributed by atoms with Crippen molar-refractivity contribution in [2.75, 3.05) is 0 Å². The summed E-state index contributed by atoms with van der Waals surface area (Å²) in [5.41, 5.74) is 4.27. The number of carbonyl (C=O) groups is 1. The van der Waals surface area contributed by atoms with E-state index in [9.17, 15) is 4.79 Å². The SMILES string of the molecule is Cc1cc(C)cc(C2(C(=O)NCc3ccnc(OC4CCCC4)c3)CC2)c1. The third-order valence-corrected chi connectivity index (χ3v) is 5.80. The van der Waals surface area contributed by atoms with Crippen molar-refractivity contribution >= 4 is 5.91 Å². The first-order valence-corrected chi connectivity index (χ1v) is 10.0. The lowest BCUT2D eigenvalue weighted by Crippen LogP contribution is -2.34. The highest BCUT2D eigenvalue weighted by Gasteiger charge is 2.51. The first-order valence-electron chi connectivity index (χ1n) is 10.0. The Morgan fingerprint density at radius 3 is 2.52 bits per heavy atom. The summed E-state index contributed by atoms with van der Waals surface area (Å²) in [4.78, 5) is 17.3. The van der Waals surface area contributed by atoms with Crippen LogP contribution < -0.4 is 10.1 Å². The highest BCUT2D eigenvalue weighted by atomic mass is 16.5. The van der Waals surface area contributed by atoms with Crippen molar-refractivity contribution in [2.45, 2.75) is 70.4 Å². The number of hydrogen-bond donors (Lipinski definition) is 1. The van der Waals surface area contributed by atoms with Crippen LogP contribution in [0.4, 0.5) is 0 Å². The van der Waals surface area contributed by atoms with Crippen LogP contribution in [-0.2, 0) is 16.8 Å². The van der Waals surface area contributed by atoms with Crippen LogP contribution in [0.3, 0.4) is 0 Å². The molecule has 4 rings (SSSR count). The lowest BCUT2D eigenvalue weighted by atomic mass is 9.92. The Bertz CT molecular complexity index is 816. The minimum Gasteiger partial charge on any atom is -0.474 e. The molecule has 4 heteroatoms. The summed E-state index contributed by atoms with van der Waals surface area (Å²) in [6, 6.07) is 10.4. The molecule has 1 aromatic heterocycles. The maximum atomic E-state index is 12.9. The van der Waals surface area contributed by atoms with Crippen LogP contribution in [0.15, 0.2) is 36.5 Å². The van der Waals surface area contributed by atoms with Crippen molar-refractivity contribution < 1.29 is 9.53 Å². The maximum Gasteiger partial charge on any atom is 0.230 e. The van der Waals surface area contributed by atoms with Crippen molar-refractivity contribution in [3.8, 4) is 5.88 Å². The fourth-order valence-electron chi connectivity index (χ4n) is 4.18. The minimum absolute atomic E-state index is 0.127. The van der Waals surface area contributed by atoms with Crippen molar-refractivity contribution in [1.29, 1.82) is 0 Å². The molecule has 2 fully saturated rings. The number of nitrogens with one attached hydrogen (secondary N) is 1. The molecule has 2 aliphatic carbocycles. The zero-order valence-electron chi connectivity index (χ0n) is 16.3. The van der Waals surface area contributed by atoms with Crippen molar-refractivity contribution in [3.63, 3.8) is 0 Å². The topological polar surface area (TPSA) is 51.2 Å². The van der Waals surface area contributed by atoms with E-state index in [0.717, 1.165) is 36.8 Å². The zero-order chi connectivity index (χ0) is 18.9. The van der Waals surface area contributed by atoms with Crippen molar-refractivity contribution in [1.82, 2.24) is 10.3 Å². The summed E-state index contributed by atoms with van der Waals surface area (Å²) >= 11 is 0. The highest BCUT2D eigenvalue weighted by Crippen LogP contribution is 2.48. The largest absolute Gasteiger partial charge is 0.474 e. The third kappa shape index (κ3) is 4.00. The second-order valence-corrected chi connectivity index (χ2v) is 8.17. The molecule has 0 unspecified atom stereocenters. The van der Waals surface area contributed by atoms with Crippen molar-refractivity contribution in [2.24, 2.45) is 0 Å². The Morgan fingerprint density at radius 1 is 1.15 bits per heavy atom. The van der Waals surface area contributed by atoms with Crippen LogP contribution in [0.5, 0.6) is 5.88 Å². The van der Waals surface area contributed by atoms with Crippen LogP contribution in [0.2, 0.25) is 0 Å². The van der Waals surface area contributed by atoms with E-state index in [-0.39, 0.29) is 11.3 Å². The second kappa shape index (κ2) is 7.34. The van der Waals surface area contributed by atoms with Crippen LogP contribution in [0.25, 0.3) is 0 Å². The number of carbonyl (C=O) groups excluding carboxylic acids is 1. The van der Waals surface area contributed by atoms with E-state index >= 15 is 0 Å². The highest BCUT2D eigenvalue weighted by molar-refractivity contribution is 5.91. The molecule has 2 saturated carbocycles. The first kappa shape index (κ1) is 18.0. The number of rotatable bonds is 6. The summed E-state index contributed by atoms with van der Waals surface area (Å²) in [6.07, 6.45) is 8.61. The molecule has 27 heavy (non-hydrogen) atoms. The molecular formula is C23H28N2O2. The van der Waals surface area contributed by atoms with E-state index in [0.29, 0.717) is 18.5 Å². The number of nitrogens with zero attached hydrogens (tertiary/aromatic N) is 1. The number of hydrogen-bond acceptors (Lipinski definition) is 3. The number of pyridine rings is 1. The van der Waals surface area contributed by atoms with E-state index in [2.05, 4.69) is 42.3 Å². The van der Waals surface area contributed by atoms with Gasteiger partial charge >= 0.3 is 0 Å². The lowest BCUT2D eigenvalue weighted by Gasteiger charge is -2.18. The smallest absolute Gasteiger partial charge is 0.230 e. The van der Waals surface area contributed by atoms with E-state index in [1.54, 1.807) is 6.20 Å². The van der Waals surface area contributed by atoms with Crippen LogP contribution in [0.1, 0.15) is 60.8 Å². The molecule has 142 valence electrons. The molecule has 4 nitrogen and oxygen atoms in total. The van der Waals surface area contributed by atoms with E-state index < -0.39 is 0 Å². The van der Waals surface area contributed by atoms with Gasteiger partial charge in [-0.15, -0.1) is 0 Å². The molecule has 2 aromatic rings. The van der Waals surface area contributed by atoms with Gasteiger partial charge in [-0.2, -0.15) is 0 Å². The summed E-state index contributed by atoms with van der Waals surface area (Å²) in [5, 5.41) is 3.14. The quantitative estimate of drug-likeness (QED) is 0.828. The van der Waals surface area contributed by atoms with E-state index in [4.69, 9.17) is 4.74 Å². The molecule has 0 radical (unpaired) electrons. The van der Waals surface area contributed by atoms with Gasteiger partial charge in [0.1, 0.15) is 6.10 Å². The molecule has 2 aliphatic rings. The predicted molar refractivity (Wildman–Crippen MR) is 106 cm³/mol. The molecule has 1 amide bonds. The van der Waals surface area contributed by atoms with E-state index in [1.807, 2.05) is 12.1 Å². The van der Waals surface area contributed by atoms with Gasteiger partial charge in [0.25, 0.3) is 0 Å². The van der Waals surface area contributed by atoms with Crippen LogP contribution in [0, 0.1) is 13.8 Å². The van der Waals surface area contributed by atoms with Gasteiger partial charge in [-0.1, -0.05) is 29.3 Å². The Hall–Kier alpha value is -2.36. The van der Waals surface area contributed by atoms with Crippen molar-refractivity contribution in [3.05, 3.63) is 58.8 Å². The van der Waals surface area contributed by atoms with Crippen LogP contribution in [-0.4, -0.2) is 17.0 Å². The molecule has 1 heterocycles. The Kier molecular flexibility index (Phi) is 4.90. The standard InChI is InChI=1S/C23H28N2O2/c1-16-11-17(2)13-19(12-16)23(8-9-23)22(26)25-15-18-7-10-24-21(14-18)27-20-5-3-4-6-20/h7,10-14,20H,3-6,8-9,15H2,1-2H3,(H,25,26). The van der Waals surface area contributed by atoms with Gasteiger partial charge in [-0.3, -0.25) is 4.79 Å². The number of benzene rings is 1. The predicted octanol–water partition coefficient (Wildman–Crippen LogP) is 4.37. The fraction of sp³-hybridized carbons (Fsp3) is 0.478. The summed E-state index contributed by atoms with van der Waals surface area (Å²) in [7, 11) is 0. The Balaban J connectivity index is 1.40. The van der Waals surface area contributed by atoms with Crippen LogP contribution >= 0.6 is 0 Å². The van der Waals surface area contributed by atoms with Gasteiger partial charge in [0.05, 0.1) is 5.41 Å².